The minimum Gasteiger partial charge on any atom is -0.493 e. The SMILES string of the molecule is COc1cc(/C=N/NC(=O)c2cc3cccc(OC)c3o2)ccc1OCC(=O)O. The van der Waals surface area contributed by atoms with Crippen LogP contribution in [0.4, 0.5) is 0 Å². The zero-order chi connectivity index (χ0) is 20.8. The molecule has 1 amide bonds. The number of fused-ring (bicyclic) bond motifs is 1. The molecular formula is C20H18N2O7. The Balaban J connectivity index is 1.69. The molecule has 150 valence electrons. The van der Waals surface area contributed by atoms with Crippen LogP contribution < -0.4 is 19.6 Å². The molecule has 0 saturated heterocycles. The summed E-state index contributed by atoms with van der Waals surface area (Å²) in [5.41, 5.74) is 3.47. The number of benzene rings is 2. The van der Waals surface area contributed by atoms with Gasteiger partial charge in [-0.05, 0) is 35.9 Å². The molecular weight excluding hydrogens is 380 g/mol. The van der Waals surface area contributed by atoms with Gasteiger partial charge in [-0.2, -0.15) is 5.10 Å². The van der Waals surface area contributed by atoms with Crippen LogP contribution in [0.1, 0.15) is 16.1 Å². The predicted molar refractivity (Wildman–Crippen MR) is 104 cm³/mol. The van der Waals surface area contributed by atoms with Crippen LogP contribution >= 0.6 is 0 Å². The fraction of sp³-hybridized carbons (Fsp3) is 0.150. The number of para-hydroxylation sites is 1. The Morgan fingerprint density at radius 3 is 2.62 bits per heavy atom. The first-order valence-corrected chi connectivity index (χ1v) is 8.44. The van der Waals surface area contributed by atoms with Gasteiger partial charge in [0, 0.05) is 5.39 Å². The predicted octanol–water partition coefficient (Wildman–Crippen LogP) is 2.68. The molecule has 0 aliphatic carbocycles. The zero-order valence-corrected chi connectivity index (χ0v) is 15.7. The van der Waals surface area contributed by atoms with Crippen LogP contribution in [0, 0.1) is 0 Å². The normalized spacial score (nSPS) is 10.8. The van der Waals surface area contributed by atoms with E-state index in [1.54, 1.807) is 36.4 Å². The van der Waals surface area contributed by atoms with Gasteiger partial charge in [-0.1, -0.05) is 12.1 Å². The number of furan rings is 1. The van der Waals surface area contributed by atoms with E-state index in [1.807, 2.05) is 6.07 Å². The second kappa shape index (κ2) is 8.79. The summed E-state index contributed by atoms with van der Waals surface area (Å²) in [6.07, 6.45) is 1.41. The van der Waals surface area contributed by atoms with Crippen LogP contribution in [-0.2, 0) is 4.79 Å². The summed E-state index contributed by atoms with van der Waals surface area (Å²) in [5.74, 6) is -0.367. The van der Waals surface area contributed by atoms with Crippen LogP contribution in [0.5, 0.6) is 17.2 Å². The number of carbonyl (C=O) groups is 2. The van der Waals surface area contributed by atoms with Crippen molar-refractivity contribution in [3.8, 4) is 17.2 Å². The molecule has 9 heteroatoms. The summed E-state index contributed by atoms with van der Waals surface area (Å²) in [4.78, 5) is 22.9. The monoisotopic (exact) mass is 398 g/mol. The number of aliphatic carboxylic acids is 1. The van der Waals surface area contributed by atoms with Gasteiger partial charge >= 0.3 is 11.9 Å². The summed E-state index contributed by atoms with van der Waals surface area (Å²) < 4.78 is 21.1. The number of carboxylic acids is 1. The molecule has 0 atom stereocenters. The van der Waals surface area contributed by atoms with Crippen molar-refractivity contribution < 1.29 is 33.3 Å². The minimum atomic E-state index is -1.09. The number of hydrogen-bond donors (Lipinski definition) is 2. The number of ether oxygens (including phenoxy) is 3. The molecule has 0 fully saturated rings. The molecule has 0 saturated carbocycles. The van der Waals surface area contributed by atoms with Crippen molar-refractivity contribution in [2.45, 2.75) is 0 Å². The van der Waals surface area contributed by atoms with E-state index in [1.165, 1.54) is 20.4 Å². The highest BCUT2D eigenvalue weighted by molar-refractivity contribution is 5.97. The van der Waals surface area contributed by atoms with E-state index in [9.17, 15) is 9.59 Å². The Labute approximate surface area is 165 Å². The summed E-state index contributed by atoms with van der Waals surface area (Å²) in [5, 5.41) is 13.3. The first kappa shape index (κ1) is 19.7. The summed E-state index contributed by atoms with van der Waals surface area (Å²) in [7, 11) is 2.95. The zero-order valence-electron chi connectivity index (χ0n) is 15.7. The van der Waals surface area contributed by atoms with Gasteiger partial charge in [0.15, 0.2) is 35.2 Å². The van der Waals surface area contributed by atoms with Crippen molar-refractivity contribution in [3.05, 3.63) is 53.8 Å². The lowest BCUT2D eigenvalue weighted by Crippen LogP contribution is -2.16. The number of hydrazone groups is 1. The van der Waals surface area contributed by atoms with E-state index >= 15 is 0 Å². The van der Waals surface area contributed by atoms with Crippen molar-refractivity contribution >= 4 is 29.1 Å². The number of rotatable bonds is 8. The number of hydrogen-bond acceptors (Lipinski definition) is 7. The van der Waals surface area contributed by atoms with Gasteiger partial charge in [0.25, 0.3) is 0 Å². The smallest absolute Gasteiger partial charge is 0.341 e. The lowest BCUT2D eigenvalue weighted by atomic mass is 10.2. The second-order valence-electron chi connectivity index (χ2n) is 5.78. The highest BCUT2D eigenvalue weighted by Crippen LogP contribution is 2.29. The molecule has 0 aliphatic rings. The maximum Gasteiger partial charge on any atom is 0.341 e. The third-order valence-corrected chi connectivity index (χ3v) is 3.87. The quantitative estimate of drug-likeness (QED) is 0.442. The Kier molecular flexibility index (Phi) is 5.98. The number of carboxylic acid groups (broad SMARTS) is 1. The van der Waals surface area contributed by atoms with E-state index in [0.717, 1.165) is 5.39 Å². The van der Waals surface area contributed by atoms with Crippen molar-refractivity contribution in [1.29, 1.82) is 0 Å². The first-order valence-electron chi connectivity index (χ1n) is 8.44. The van der Waals surface area contributed by atoms with E-state index in [4.69, 9.17) is 23.7 Å². The molecule has 2 N–H and O–H groups in total. The van der Waals surface area contributed by atoms with E-state index < -0.39 is 18.5 Å². The number of nitrogens with one attached hydrogen (secondary N) is 1. The van der Waals surface area contributed by atoms with Crippen molar-refractivity contribution in [2.75, 3.05) is 20.8 Å². The molecule has 29 heavy (non-hydrogen) atoms. The van der Waals surface area contributed by atoms with Crippen LogP contribution in [0.25, 0.3) is 11.0 Å². The van der Waals surface area contributed by atoms with E-state index in [0.29, 0.717) is 22.6 Å². The number of methoxy groups -OCH3 is 2. The summed E-state index contributed by atoms with van der Waals surface area (Å²) in [6.45, 7) is -0.484. The maximum absolute atomic E-state index is 12.3. The van der Waals surface area contributed by atoms with Gasteiger partial charge in [-0.3, -0.25) is 4.79 Å². The summed E-state index contributed by atoms with van der Waals surface area (Å²) >= 11 is 0. The molecule has 1 aromatic heterocycles. The Bertz CT molecular complexity index is 1070. The average molecular weight is 398 g/mol. The fourth-order valence-corrected chi connectivity index (χ4v) is 2.55. The third kappa shape index (κ3) is 4.64. The molecule has 0 unspecified atom stereocenters. The second-order valence-corrected chi connectivity index (χ2v) is 5.78. The van der Waals surface area contributed by atoms with Crippen LogP contribution in [0.2, 0.25) is 0 Å². The molecule has 0 bridgehead atoms. The minimum absolute atomic E-state index is 0.0941. The van der Waals surface area contributed by atoms with Gasteiger partial charge in [0.05, 0.1) is 20.4 Å². The van der Waals surface area contributed by atoms with Gasteiger partial charge < -0.3 is 23.7 Å². The van der Waals surface area contributed by atoms with Gasteiger partial charge in [0.2, 0.25) is 0 Å². The van der Waals surface area contributed by atoms with Crippen LogP contribution in [-0.4, -0.2) is 44.0 Å². The van der Waals surface area contributed by atoms with Gasteiger partial charge in [-0.15, -0.1) is 0 Å². The van der Waals surface area contributed by atoms with Crippen molar-refractivity contribution in [3.63, 3.8) is 0 Å². The number of nitrogens with zero attached hydrogens (tertiary/aromatic N) is 1. The van der Waals surface area contributed by atoms with Crippen molar-refractivity contribution in [1.82, 2.24) is 5.43 Å². The Hall–Kier alpha value is -4.01. The van der Waals surface area contributed by atoms with E-state index in [-0.39, 0.29) is 11.5 Å². The molecule has 3 aromatic rings. The van der Waals surface area contributed by atoms with E-state index in [2.05, 4.69) is 10.5 Å². The largest absolute Gasteiger partial charge is 0.493 e. The molecule has 1 heterocycles. The molecule has 9 nitrogen and oxygen atoms in total. The highest BCUT2D eigenvalue weighted by atomic mass is 16.5. The molecule has 0 radical (unpaired) electrons. The fourth-order valence-electron chi connectivity index (χ4n) is 2.55. The third-order valence-electron chi connectivity index (χ3n) is 3.87. The number of amides is 1. The topological polar surface area (TPSA) is 120 Å². The van der Waals surface area contributed by atoms with Crippen LogP contribution in [0.3, 0.4) is 0 Å². The van der Waals surface area contributed by atoms with Crippen molar-refractivity contribution in [2.24, 2.45) is 5.10 Å². The summed E-state index contributed by atoms with van der Waals surface area (Å²) in [6, 6.07) is 11.7. The Morgan fingerprint density at radius 2 is 1.90 bits per heavy atom. The van der Waals surface area contributed by atoms with Gasteiger partial charge in [-0.25, -0.2) is 10.2 Å². The standard InChI is InChI=1S/C20H18N2O7/c1-26-15-5-3-4-13-9-17(29-19(13)15)20(25)22-21-10-12-6-7-14(16(8-12)27-2)28-11-18(23)24/h3-10H,11H2,1-2H3,(H,22,25)(H,23,24)/b21-10+. The first-order chi connectivity index (χ1) is 14.0. The maximum atomic E-state index is 12.3. The van der Waals surface area contributed by atoms with Gasteiger partial charge in [0.1, 0.15) is 0 Å². The lowest BCUT2D eigenvalue weighted by molar-refractivity contribution is -0.139. The molecule has 3 rings (SSSR count). The average Bonchev–Trinajstić information content (AvgIpc) is 3.17. The Morgan fingerprint density at radius 1 is 1.10 bits per heavy atom. The van der Waals surface area contributed by atoms with Crippen LogP contribution in [0.15, 0.2) is 52.0 Å². The molecule has 0 aliphatic heterocycles. The lowest BCUT2D eigenvalue weighted by Gasteiger charge is -2.09. The number of carbonyl (C=O) groups excluding carboxylic acids is 1. The molecule has 2 aromatic carbocycles. The molecule has 0 spiro atoms. The highest BCUT2D eigenvalue weighted by Gasteiger charge is 2.14.